The molecule has 0 bridgehead atoms. The maximum Gasteiger partial charge on any atom is 0.234 e. The van der Waals surface area contributed by atoms with Crippen LogP contribution >= 0.6 is 0 Å². The molecule has 3 rings (SSSR count). The van der Waals surface area contributed by atoms with E-state index >= 15 is 0 Å². The Labute approximate surface area is 154 Å². The standard InChI is InChI=1S/C21H26FN3O/c1-17-4-2-3-5-20(17)25-14-12-24(13-15-25)16-21(26)23-11-10-18-6-8-19(22)9-7-18/h2-9H,10-16H2,1H3,(H,23,26). The fourth-order valence-corrected chi connectivity index (χ4v) is 3.32. The Bertz CT molecular complexity index is 724. The number of halogens is 1. The molecule has 5 heteroatoms. The van der Waals surface area contributed by atoms with Crippen molar-refractivity contribution >= 4 is 11.6 Å². The lowest BCUT2D eigenvalue weighted by molar-refractivity contribution is -0.122. The molecule has 1 heterocycles. The minimum atomic E-state index is -0.234. The molecule has 26 heavy (non-hydrogen) atoms. The molecule has 1 saturated heterocycles. The third kappa shape index (κ3) is 5.05. The molecular weight excluding hydrogens is 329 g/mol. The number of rotatable bonds is 6. The van der Waals surface area contributed by atoms with Crippen molar-refractivity contribution < 1.29 is 9.18 Å². The Balaban J connectivity index is 1.38. The summed E-state index contributed by atoms with van der Waals surface area (Å²) in [6.07, 6.45) is 0.715. The van der Waals surface area contributed by atoms with Crippen molar-refractivity contribution in [1.82, 2.24) is 10.2 Å². The summed E-state index contributed by atoms with van der Waals surface area (Å²) in [4.78, 5) is 16.7. The minimum Gasteiger partial charge on any atom is -0.369 e. The fourth-order valence-electron chi connectivity index (χ4n) is 3.32. The first-order valence-corrected chi connectivity index (χ1v) is 9.16. The van der Waals surface area contributed by atoms with Crippen LogP contribution < -0.4 is 10.2 Å². The van der Waals surface area contributed by atoms with Gasteiger partial charge in [-0.25, -0.2) is 4.39 Å². The highest BCUT2D eigenvalue weighted by Gasteiger charge is 2.19. The van der Waals surface area contributed by atoms with E-state index in [4.69, 9.17) is 0 Å². The van der Waals surface area contributed by atoms with Crippen molar-refractivity contribution in [2.24, 2.45) is 0 Å². The van der Waals surface area contributed by atoms with Crippen LogP contribution in [0, 0.1) is 12.7 Å². The average molecular weight is 355 g/mol. The van der Waals surface area contributed by atoms with Gasteiger partial charge in [0.1, 0.15) is 5.82 Å². The Morgan fingerprint density at radius 1 is 1.04 bits per heavy atom. The van der Waals surface area contributed by atoms with Gasteiger partial charge in [0.2, 0.25) is 5.91 Å². The Morgan fingerprint density at radius 3 is 2.42 bits per heavy atom. The number of piperazine rings is 1. The molecule has 2 aromatic carbocycles. The molecular formula is C21H26FN3O. The SMILES string of the molecule is Cc1ccccc1N1CCN(CC(=O)NCCc2ccc(F)cc2)CC1. The highest BCUT2D eigenvalue weighted by Crippen LogP contribution is 2.20. The molecule has 1 N–H and O–H groups in total. The number of nitrogens with zero attached hydrogens (tertiary/aromatic N) is 2. The number of hydrogen-bond acceptors (Lipinski definition) is 3. The van der Waals surface area contributed by atoms with Gasteiger partial charge in [-0.2, -0.15) is 0 Å². The summed E-state index contributed by atoms with van der Waals surface area (Å²) in [7, 11) is 0. The highest BCUT2D eigenvalue weighted by atomic mass is 19.1. The quantitative estimate of drug-likeness (QED) is 0.865. The molecule has 0 aliphatic carbocycles. The summed E-state index contributed by atoms with van der Waals surface area (Å²) in [5, 5.41) is 2.96. The van der Waals surface area contributed by atoms with Gasteiger partial charge in [0, 0.05) is 38.4 Å². The van der Waals surface area contributed by atoms with Crippen molar-refractivity contribution in [3.8, 4) is 0 Å². The molecule has 1 aliphatic rings. The number of amides is 1. The van der Waals surface area contributed by atoms with Gasteiger partial charge in [-0.3, -0.25) is 9.69 Å². The Morgan fingerprint density at radius 2 is 1.73 bits per heavy atom. The van der Waals surface area contributed by atoms with Crippen LogP contribution in [0.3, 0.4) is 0 Å². The van der Waals surface area contributed by atoms with Crippen LogP contribution in [-0.2, 0) is 11.2 Å². The molecule has 4 nitrogen and oxygen atoms in total. The van der Waals surface area contributed by atoms with Gasteiger partial charge in [0.15, 0.2) is 0 Å². The van der Waals surface area contributed by atoms with Crippen LogP contribution in [-0.4, -0.2) is 50.1 Å². The van der Waals surface area contributed by atoms with Gasteiger partial charge in [0.25, 0.3) is 0 Å². The number of carbonyl (C=O) groups is 1. The van der Waals surface area contributed by atoms with Crippen molar-refractivity contribution in [2.75, 3.05) is 44.2 Å². The van der Waals surface area contributed by atoms with Crippen LogP contribution in [0.5, 0.6) is 0 Å². The molecule has 0 saturated carbocycles. The lowest BCUT2D eigenvalue weighted by atomic mass is 10.1. The molecule has 2 aromatic rings. The zero-order valence-corrected chi connectivity index (χ0v) is 15.2. The molecule has 1 fully saturated rings. The maximum atomic E-state index is 12.9. The number of carbonyl (C=O) groups excluding carboxylic acids is 1. The van der Waals surface area contributed by atoms with E-state index in [1.807, 2.05) is 0 Å². The third-order valence-corrected chi connectivity index (χ3v) is 4.84. The van der Waals surface area contributed by atoms with E-state index in [1.165, 1.54) is 23.4 Å². The first kappa shape index (κ1) is 18.4. The molecule has 0 spiro atoms. The van der Waals surface area contributed by atoms with Gasteiger partial charge >= 0.3 is 0 Å². The summed E-state index contributed by atoms with van der Waals surface area (Å²) in [6.45, 7) is 6.80. The zero-order valence-electron chi connectivity index (χ0n) is 15.2. The van der Waals surface area contributed by atoms with E-state index in [1.54, 1.807) is 12.1 Å². The molecule has 1 aliphatic heterocycles. The minimum absolute atomic E-state index is 0.0523. The van der Waals surface area contributed by atoms with E-state index in [0.717, 1.165) is 31.7 Å². The number of anilines is 1. The summed E-state index contributed by atoms with van der Waals surface area (Å²) < 4.78 is 12.9. The topological polar surface area (TPSA) is 35.6 Å². The van der Waals surface area contributed by atoms with Gasteiger partial charge in [0.05, 0.1) is 6.54 Å². The number of aryl methyl sites for hydroxylation is 1. The lowest BCUT2D eigenvalue weighted by Crippen LogP contribution is -2.49. The van der Waals surface area contributed by atoms with E-state index in [-0.39, 0.29) is 11.7 Å². The Kier molecular flexibility index (Phi) is 6.23. The van der Waals surface area contributed by atoms with E-state index < -0.39 is 0 Å². The fraction of sp³-hybridized carbons (Fsp3) is 0.381. The van der Waals surface area contributed by atoms with Crippen molar-refractivity contribution in [1.29, 1.82) is 0 Å². The second kappa shape index (κ2) is 8.81. The summed E-state index contributed by atoms with van der Waals surface area (Å²) in [5.74, 6) is -0.181. The van der Waals surface area contributed by atoms with Crippen molar-refractivity contribution in [2.45, 2.75) is 13.3 Å². The second-order valence-corrected chi connectivity index (χ2v) is 6.78. The molecule has 0 radical (unpaired) electrons. The molecule has 138 valence electrons. The average Bonchev–Trinajstić information content (AvgIpc) is 2.65. The monoisotopic (exact) mass is 355 g/mol. The van der Waals surface area contributed by atoms with Crippen LogP contribution in [0.1, 0.15) is 11.1 Å². The van der Waals surface area contributed by atoms with Crippen molar-refractivity contribution in [3.63, 3.8) is 0 Å². The van der Waals surface area contributed by atoms with Crippen LogP contribution in [0.25, 0.3) is 0 Å². The van der Waals surface area contributed by atoms with E-state index in [0.29, 0.717) is 19.5 Å². The first-order chi connectivity index (χ1) is 12.6. The van der Waals surface area contributed by atoms with Crippen LogP contribution in [0.15, 0.2) is 48.5 Å². The number of hydrogen-bond donors (Lipinski definition) is 1. The van der Waals surface area contributed by atoms with Gasteiger partial charge in [-0.15, -0.1) is 0 Å². The van der Waals surface area contributed by atoms with Crippen molar-refractivity contribution in [3.05, 3.63) is 65.5 Å². The normalized spacial score (nSPS) is 15.1. The predicted molar refractivity (Wildman–Crippen MR) is 103 cm³/mol. The summed E-state index contributed by atoms with van der Waals surface area (Å²) >= 11 is 0. The smallest absolute Gasteiger partial charge is 0.234 e. The van der Waals surface area contributed by atoms with E-state index in [2.05, 4.69) is 46.3 Å². The molecule has 0 unspecified atom stereocenters. The first-order valence-electron chi connectivity index (χ1n) is 9.16. The van der Waals surface area contributed by atoms with Gasteiger partial charge < -0.3 is 10.2 Å². The highest BCUT2D eigenvalue weighted by molar-refractivity contribution is 5.78. The second-order valence-electron chi connectivity index (χ2n) is 6.78. The number of benzene rings is 2. The summed E-state index contributed by atoms with van der Waals surface area (Å²) in [5.41, 5.74) is 3.61. The number of para-hydroxylation sites is 1. The largest absolute Gasteiger partial charge is 0.369 e. The molecule has 0 atom stereocenters. The zero-order chi connectivity index (χ0) is 18.4. The Hall–Kier alpha value is -2.40. The number of nitrogens with one attached hydrogen (secondary N) is 1. The lowest BCUT2D eigenvalue weighted by Gasteiger charge is -2.36. The maximum absolute atomic E-state index is 12.9. The predicted octanol–water partition coefficient (Wildman–Crippen LogP) is 2.62. The van der Waals surface area contributed by atoms with E-state index in [9.17, 15) is 9.18 Å². The third-order valence-electron chi connectivity index (χ3n) is 4.84. The van der Waals surface area contributed by atoms with Crippen LogP contribution in [0.4, 0.5) is 10.1 Å². The summed E-state index contributed by atoms with van der Waals surface area (Å²) in [6, 6.07) is 14.8. The van der Waals surface area contributed by atoms with Crippen LogP contribution in [0.2, 0.25) is 0 Å². The van der Waals surface area contributed by atoms with Gasteiger partial charge in [-0.05, 0) is 42.7 Å². The van der Waals surface area contributed by atoms with Gasteiger partial charge in [-0.1, -0.05) is 30.3 Å². The molecule has 1 amide bonds. The molecule has 0 aromatic heterocycles.